The summed E-state index contributed by atoms with van der Waals surface area (Å²) in [6.07, 6.45) is 0.987. The maximum absolute atomic E-state index is 13.0. The summed E-state index contributed by atoms with van der Waals surface area (Å²) >= 11 is 0. The predicted octanol–water partition coefficient (Wildman–Crippen LogP) is 3.26. The molecule has 1 aliphatic heterocycles. The number of amides is 1. The summed E-state index contributed by atoms with van der Waals surface area (Å²) in [4.78, 5) is 14.9. The van der Waals surface area contributed by atoms with Gasteiger partial charge in [0.15, 0.2) is 0 Å². The second-order valence-electron chi connectivity index (χ2n) is 7.07. The Kier molecular flexibility index (Phi) is 6.96. The standard InChI is InChI=1S/C22H27FN2O2/c1-17-2-7-19(8-3-17)21(16-25-12-14-27-15-13-25)24-22(26)11-6-18-4-9-20(23)10-5-18/h2-5,7-10,21H,6,11-16H2,1H3,(H,24,26)/t21-/m0/s1. The van der Waals surface area contributed by atoms with Gasteiger partial charge in [0.2, 0.25) is 5.91 Å². The number of aryl methyl sites for hydroxylation is 2. The first-order chi connectivity index (χ1) is 13.1. The monoisotopic (exact) mass is 370 g/mol. The number of ether oxygens (including phenoxy) is 1. The van der Waals surface area contributed by atoms with Crippen LogP contribution in [0.5, 0.6) is 0 Å². The van der Waals surface area contributed by atoms with E-state index in [-0.39, 0.29) is 17.8 Å². The third-order valence-corrected chi connectivity index (χ3v) is 4.91. The van der Waals surface area contributed by atoms with Crippen LogP contribution in [0.2, 0.25) is 0 Å². The van der Waals surface area contributed by atoms with Crippen LogP contribution in [0.1, 0.15) is 29.2 Å². The highest BCUT2D eigenvalue weighted by Crippen LogP contribution is 2.17. The van der Waals surface area contributed by atoms with Crippen molar-refractivity contribution in [3.05, 3.63) is 71.0 Å². The SMILES string of the molecule is Cc1ccc([C@H](CN2CCOCC2)NC(=O)CCc2ccc(F)cc2)cc1. The number of nitrogens with zero attached hydrogens (tertiary/aromatic N) is 1. The Bertz CT molecular complexity index is 725. The molecule has 0 aliphatic carbocycles. The zero-order valence-electron chi connectivity index (χ0n) is 15.8. The fourth-order valence-corrected chi connectivity index (χ4v) is 3.25. The minimum absolute atomic E-state index is 0.0122. The van der Waals surface area contributed by atoms with E-state index in [0.29, 0.717) is 12.8 Å². The Morgan fingerprint density at radius 3 is 2.44 bits per heavy atom. The largest absolute Gasteiger partial charge is 0.379 e. The number of benzene rings is 2. The van der Waals surface area contributed by atoms with Crippen molar-refractivity contribution in [3.63, 3.8) is 0 Å². The Hall–Kier alpha value is -2.24. The van der Waals surface area contributed by atoms with E-state index in [4.69, 9.17) is 4.74 Å². The number of morpholine rings is 1. The zero-order chi connectivity index (χ0) is 19.1. The molecule has 144 valence electrons. The highest BCUT2D eigenvalue weighted by Gasteiger charge is 2.20. The van der Waals surface area contributed by atoms with Gasteiger partial charge in [-0.3, -0.25) is 9.69 Å². The van der Waals surface area contributed by atoms with Crippen molar-refractivity contribution in [2.75, 3.05) is 32.8 Å². The van der Waals surface area contributed by atoms with Crippen molar-refractivity contribution >= 4 is 5.91 Å². The summed E-state index contributed by atoms with van der Waals surface area (Å²) in [6.45, 7) is 6.07. The van der Waals surface area contributed by atoms with Gasteiger partial charge in [0.25, 0.3) is 0 Å². The maximum Gasteiger partial charge on any atom is 0.220 e. The Morgan fingerprint density at radius 1 is 1.11 bits per heavy atom. The van der Waals surface area contributed by atoms with Gasteiger partial charge in [-0.25, -0.2) is 4.39 Å². The highest BCUT2D eigenvalue weighted by atomic mass is 19.1. The molecule has 2 aromatic carbocycles. The molecule has 1 atom stereocenters. The Labute approximate surface area is 160 Å². The van der Waals surface area contributed by atoms with Gasteiger partial charge < -0.3 is 10.1 Å². The molecule has 1 heterocycles. The average molecular weight is 370 g/mol. The summed E-state index contributed by atoms with van der Waals surface area (Å²) in [5, 5.41) is 3.19. The van der Waals surface area contributed by atoms with Gasteiger partial charge in [0.05, 0.1) is 19.3 Å². The molecule has 4 nitrogen and oxygen atoms in total. The molecular formula is C22H27FN2O2. The molecule has 0 unspecified atom stereocenters. The smallest absolute Gasteiger partial charge is 0.220 e. The summed E-state index contributed by atoms with van der Waals surface area (Å²) in [7, 11) is 0. The number of hydrogen-bond donors (Lipinski definition) is 1. The quantitative estimate of drug-likeness (QED) is 0.813. The van der Waals surface area contributed by atoms with Crippen molar-refractivity contribution in [1.29, 1.82) is 0 Å². The topological polar surface area (TPSA) is 41.6 Å². The first kappa shape index (κ1) is 19.5. The van der Waals surface area contributed by atoms with Crippen molar-refractivity contribution in [2.24, 2.45) is 0 Å². The normalized spacial score (nSPS) is 16.1. The molecule has 0 bridgehead atoms. The molecule has 3 rings (SSSR count). The van der Waals surface area contributed by atoms with Crippen LogP contribution in [0.25, 0.3) is 0 Å². The van der Waals surface area contributed by atoms with Crippen LogP contribution in [-0.4, -0.2) is 43.7 Å². The van der Waals surface area contributed by atoms with Crippen LogP contribution in [0.4, 0.5) is 4.39 Å². The van der Waals surface area contributed by atoms with E-state index in [9.17, 15) is 9.18 Å². The van der Waals surface area contributed by atoms with Crippen molar-refractivity contribution in [1.82, 2.24) is 10.2 Å². The van der Waals surface area contributed by atoms with E-state index in [2.05, 4.69) is 41.4 Å². The second kappa shape index (κ2) is 9.62. The number of carbonyl (C=O) groups is 1. The third kappa shape index (κ3) is 6.15. The van der Waals surface area contributed by atoms with Gasteiger partial charge in [-0.2, -0.15) is 0 Å². The summed E-state index contributed by atoms with van der Waals surface area (Å²) < 4.78 is 18.4. The Morgan fingerprint density at radius 2 is 1.78 bits per heavy atom. The van der Waals surface area contributed by atoms with E-state index in [0.717, 1.165) is 44.0 Å². The molecule has 1 fully saturated rings. The molecule has 1 saturated heterocycles. The molecule has 0 radical (unpaired) electrons. The molecule has 1 aliphatic rings. The first-order valence-corrected chi connectivity index (χ1v) is 9.50. The molecule has 2 aromatic rings. The lowest BCUT2D eigenvalue weighted by Gasteiger charge is -2.31. The van der Waals surface area contributed by atoms with Gasteiger partial charge >= 0.3 is 0 Å². The van der Waals surface area contributed by atoms with Gasteiger partial charge in [-0.05, 0) is 36.6 Å². The summed E-state index contributed by atoms with van der Waals surface area (Å²) in [5.74, 6) is -0.244. The van der Waals surface area contributed by atoms with Crippen LogP contribution in [0.3, 0.4) is 0 Å². The number of rotatable bonds is 7. The minimum atomic E-state index is -0.256. The van der Waals surface area contributed by atoms with Crippen molar-refractivity contribution < 1.29 is 13.9 Å². The minimum Gasteiger partial charge on any atom is -0.379 e. The van der Waals surface area contributed by atoms with Crippen LogP contribution in [0.15, 0.2) is 48.5 Å². The van der Waals surface area contributed by atoms with Crippen molar-refractivity contribution in [2.45, 2.75) is 25.8 Å². The van der Waals surface area contributed by atoms with Gasteiger partial charge in [0.1, 0.15) is 5.82 Å². The second-order valence-corrected chi connectivity index (χ2v) is 7.07. The third-order valence-electron chi connectivity index (χ3n) is 4.91. The van der Waals surface area contributed by atoms with E-state index in [1.54, 1.807) is 12.1 Å². The van der Waals surface area contributed by atoms with E-state index >= 15 is 0 Å². The van der Waals surface area contributed by atoms with Crippen molar-refractivity contribution in [3.8, 4) is 0 Å². The number of hydrogen-bond acceptors (Lipinski definition) is 3. The molecular weight excluding hydrogens is 343 g/mol. The fourth-order valence-electron chi connectivity index (χ4n) is 3.25. The predicted molar refractivity (Wildman–Crippen MR) is 104 cm³/mol. The number of halogens is 1. The van der Waals surface area contributed by atoms with Crippen LogP contribution >= 0.6 is 0 Å². The molecule has 0 spiro atoms. The lowest BCUT2D eigenvalue weighted by atomic mass is 10.0. The molecule has 0 saturated carbocycles. The number of carbonyl (C=O) groups excluding carboxylic acids is 1. The highest BCUT2D eigenvalue weighted by molar-refractivity contribution is 5.76. The lowest BCUT2D eigenvalue weighted by molar-refractivity contribution is -0.122. The van der Waals surface area contributed by atoms with E-state index < -0.39 is 0 Å². The lowest BCUT2D eigenvalue weighted by Crippen LogP contribution is -2.43. The molecule has 0 aromatic heterocycles. The molecule has 1 amide bonds. The number of nitrogens with one attached hydrogen (secondary N) is 1. The van der Waals surface area contributed by atoms with Crippen LogP contribution in [0, 0.1) is 12.7 Å². The van der Waals surface area contributed by atoms with E-state index in [1.165, 1.54) is 17.7 Å². The fraction of sp³-hybridized carbons (Fsp3) is 0.409. The zero-order valence-corrected chi connectivity index (χ0v) is 15.8. The summed E-state index contributed by atoms with van der Waals surface area (Å²) in [5.41, 5.74) is 3.28. The summed E-state index contributed by atoms with van der Waals surface area (Å²) in [6, 6.07) is 14.6. The van der Waals surface area contributed by atoms with Gasteiger partial charge in [-0.1, -0.05) is 42.0 Å². The Balaban J connectivity index is 1.61. The van der Waals surface area contributed by atoms with Gasteiger partial charge in [-0.15, -0.1) is 0 Å². The molecule has 1 N–H and O–H groups in total. The van der Waals surface area contributed by atoms with Crippen LogP contribution < -0.4 is 5.32 Å². The van der Waals surface area contributed by atoms with E-state index in [1.807, 2.05) is 0 Å². The van der Waals surface area contributed by atoms with Crippen LogP contribution in [-0.2, 0) is 16.0 Å². The molecule has 5 heteroatoms. The van der Waals surface area contributed by atoms with Gasteiger partial charge in [0, 0.05) is 26.1 Å². The maximum atomic E-state index is 13.0. The molecule has 27 heavy (non-hydrogen) atoms. The average Bonchev–Trinajstić information content (AvgIpc) is 2.68. The first-order valence-electron chi connectivity index (χ1n) is 9.50.